The van der Waals surface area contributed by atoms with E-state index in [-0.39, 0.29) is 0 Å². The molecule has 0 aliphatic rings. The van der Waals surface area contributed by atoms with Gasteiger partial charge in [-0.2, -0.15) is 101 Å². The molecule has 0 saturated heterocycles. The summed E-state index contributed by atoms with van der Waals surface area (Å²) in [6, 6.07) is 0. The number of halogens is 24. The van der Waals surface area contributed by atoms with Crippen LogP contribution in [0, 0.1) is 0 Å². The van der Waals surface area contributed by atoms with E-state index in [1.165, 1.54) is 0 Å². The standard InChI is InChI=1S/C20H17F24O4P/c1-3-46-49(45,47-4-2)48-8-7-11(24,25)14(30,31)16(34,35)15(32,33)12(26,27)9(21)5-6-10(22,23)13(28,29)17(36,37)18(38,39)19(40,41)20(42,43)44/h5H,3-4,6-8H2,1-2H3/b9-5-. The van der Waals surface area contributed by atoms with Gasteiger partial charge in [0.1, 0.15) is 0 Å². The molecule has 0 fully saturated rings. The van der Waals surface area contributed by atoms with E-state index in [0.29, 0.717) is 0 Å². The molecule has 4 nitrogen and oxygen atoms in total. The smallest absolute Gasteiger partial charge is 0.287 e. The van der Waals surface area contributed by atoms with Crippen LogP contribution >= 0.6 is 7.82 Å². The van der Waals surface area contributed by atoms with Crippen LogP contribution in [-0.2, 0) is 18.1 Å². The van der Waals surface area contributed by atoms with Crippen molar-refractivity contribution in [1.82, 2.24) is 0 Å². The quantitative estimate of drug-likeness (QED) is 0.0963. The first-order valence-corrected chi connectivity index (χ1v) is 13.4. The largest absolute Gasteiger partial charge is 0.474 e. The van der Waals surface area contributed by atoms with Gasteiger partial charge >= 0.3 is 73.2 Å². The average Bonchev–Trinajstić information content (AvgIpc) is 2.90. The van der Waals surface area contributed by atoms with Crippen molar-refractivity contribution in [2.45, 2.75) is 92.1 Å². The number of hydrogen-bond donors (Lipinski definition) is 0. The van der Waals surface area contributed by atoms with Crippen LogP contribution in [0.25, 0.3) is 0 Å². The van der Waals surface area contributed by atoms with Crippen molar-refractivity contribution in [3.8, 4) is 0 Å². The maximum atomic E-state index is 14.0. The Labute approximate surface area is 256 Å². The van der Waals surface area contributed by atoms with Gasteiger partial charge in [-0.15, -0.1) is 0 Å². The Hall–Kier alpha value is -1.83. The van der Waals surface area contributed by atoms with Gasteiger partial charge in [0.05, 0.1) is 19.8 Å². The van der Waals surface area contributed by atoms with Crippen LogP contribution in [0.15, 0.2) is 11.9 Å². The van der Waals surface area contributed by atoms with Crippen molar-refractivity contribution in [3.05, 3.63) is 11.9 Å². The highest BCUT2D eigenvalue weighted by molar-refractivity contribution is 7.48. The minimum atomic E-state index is -8.59. The summed E-state index contributed by atoms with van der Waals surface area (Å²) in [6.07, 6.45) is -17.3. The lowest BCUT2D eigenvalue weighted by atomic mass is 9.91. The number of phosphoric acid groups is 1. The fourth-order valence-corrected chi connectivity index (χ4v) is 4.09. The van der Waals surface area contributed by atoms with E-state index in [1.807, 2.05) is 0 Å². The second-order valence-corrected chi connectivity index (χ2v) is 10.8. The minimum absolute atomic E-state index is 0.616. The highest BCUT2D eigenvalue weighted by Crippen LogP contribution is 2.62. The van der Waals surface area contributed by atoms with Crippen LogP contribution in [0.5, 0.6) is 0 Å². The summed E-state index contributed by atoms with van der Waals surface area (Å²) in [5.41, 5.74) is 0. The van der Waals surface area contributed by atoms with E-state index < -0.39 is 118 Å². The predicted molar refractivity (Wildman–Crippen MR) is 111 cm³/mol. The molecule has 294 valence electrons. The van der Waals surface area contributed by atoms with Gasteiger partial charge < -0.3 is 0 Å². The van der Waals surface area contributed by atoms with Gasteiger partial charge in [-0.1, -0.05) is 0 Å². The van der Waals surface area contributed by atoms with Crippen LogP contribution in [-0.4, -0.2) is 85.2 Å². The topological polar surface area (TPSA) is 44.8 Å². The van der Waals surface area contributed by atoms with Gasteiger partial charge in [-0.05, 0) is 19.9 Å². The molecule has 0 rings (SSSR count). The normalized spacial score (nSPS) is 16.4. The van der Waals surface area contributed by atoms with Gasteiger partial charge in [0.15, 0.2) is 5.83 Å². The van der Waals surface area contributed by atoms with Gasteiger partial charge in [0.2, 0.25) is 0 Å². The molecular weight excluding hydrogens is 791 g/mol. The van der Waals surface area contributed by atoms with Gasteiger partial charge in [0, 0.05) is 12.8 Å². The number of allylic oxidation sites excluding steroid dienone is 2. The number of hydrogen-bond acceptors (Lipinski definition) is 4. The summed E-state index contributed by atoms with van der Waals surface area (Å²) in [4.78, 5) is 0. The van der Waals surface area contributed by atoms with Crippen LogP contribution in [0.4, 0.5) is 105 Å². The van der Waals surface area contributed by atoms with Crippen LogP contribution in [0.1, 0.15) is 26.7 Å². The molecule has 0 aromatic heterocycles. The molecule has 0 heterocycles. The molecule has 0 aromatic rings. The van der Waals surface area contributed by atoms with E-state index >= 15 is 0 Å². The lowest BCUT2D eigenvalue weighted by Crippen LogP contribution is -2.70. The first kappa shape index (κ1) is 47.2. The summed E-state index contributed by atoms with van der Waals surface area (Å²) >= 11 is 0. The van der Waals surface area contributed by atoms with E-state index in [2.05, 4.69) is 13.6 Å². The molecule has 49 heavy (non-hydrogen) atoms. The summed E-state index contributed by atoms with van der Waals surface area (Å²) in [5, 5.41) is 0. The fourth-order valence-electron chi connectivity index (χ4n) is 2.92. The summed E-state index contributed by atoms with van der Waals surface area (Å²) in [5.74, 6) is -84.8. The van der Waals surface area contributed by atoms with Gasteiger partial charge in [-0.25, -0.2) is 8.96 Å². The molecule has 0 unspecified atom stereocenters. The zero-order chi connectivity index (χ0) is 39.9. The average molecular weight is 808 g/mol. The van der Waals surface area contributed by atoms with Crippen molar-refractivity contribution in [2.75, 3.05) is 19.8 Å². The second kappa shape index (κ2) is 14.0. The Balaban J connectivity index is 6.57. The summed E-state index contributed by atoms with van der Waals surface area (Å²) < 4.78 is 348. The zero-order valence-electron chi connectivity index (χ0n) is 23.3. The lowest BCUT2D eigenvalue weighted by molar-refractivity contribution is -0.439. The SMILES string of the molecule is CCOP(=O)(OCC)OCCC(F)(F)C(F)(F)C(F)(F)C(F)(F)C(F)(F)/C(F)=C/CC(F)(F)C(F)(F)C(F)(F)C(F)(F)C(F)(F)C(F)(F)F. The fraction of sp³-hybridized carbons (Fsp3) is 0.900. The van der Waals surface area contributed by atoms with E-state index in [4.69, 9.17) is 0 Å². The predicted octanol–water partition coefficient (Wildman–Crippen LogP) is 10.7. The molecule has 0 atom stereocenters. The Bertz CT molecular complexity index is 1200. The molecule has 0 amide bonds. The molecule has 29 heteroatoms. The molecule has 0 aliphatic heterocycles. The Kier molecular flexibility index (Phi) is 13.4. The number of phosphoric ester groups is 1. The van der Waals surface area contributed by atoms with Crippen LogP contribution in [0.2, 0.25) is 0 Å². The maximum absolute atomic E-state index is 14.0. The number of rotatable bonds is 19. The molecular formula is C20H17F24O4P. The van der Waals surface area contributed by atoms with Crippen molar-refractivity contribution in [3.63, 3.8) is 0 Å². The van der Waals surface area contributed by atoms with Gasteiger partial charge in [0.25, 0.3) is 0 Å². The Morgan fingerprint density at radius 2 is 0.857 bits per heavy atom. The summed E-state index contributed by atoms with van der Waals surface area (Å²) in [6.45, 7) is -1.26. The Morgan fingerprint density at radius 1 is 0.510 bits per heavy atom. The third kappa shape index (κ3) is 7.84. The minimum Gasteiger partial charge on any atom is -0.287 e. The zero-order valence-corrected chi connectivity index (χ0v) is 24.2. The first-order chi connectivity index (χ1) is 21.2. The monoisotopic (exact) mass is 808 g/mol. The molecule has 0 saturated carbocycles. The molecule has 0 aliphatic carbocycles. The highest BCUT2D eigenvalue weighted by atomic mass is 31.2. The third-order valence-corrected chi connectivity index (χ3v) is 7.37. The van der Waals surface area contributed by atoms with Crippen LogP contribution < -0.4 is 0 Å². The Morgan fingerprint density at radius 3 is 1.22 bits per heavy atom. The lowest BCUT2D eigenvalue weighted by Gasteiger charge is -2.40. The second-order valence-electron chi connectivity index (χ2n) is 9.12. The van der Waals surface area contributed by atoms with Crippen LogP contribution in [0.3, 0.4) is 0 Å². The molecule has 0 aromatic carbocycles. The van der Waals surface area contributed by atoms with E-state index in [9.17, 15) is 110 Å². The van der Waals surface area contributed by atoms with Crippen molar-refractivity contribution >= 4 is 7.82 Å². The first-order valence-electron chi connectivity index (χ1n) is 12.0. The molecule has 0 spiro atoms. The van der Waals surface area contributed by atoms with Crippen molar-refractivity contribution in [1.29, 1.82) is 0 Å². The third-order valence-electron chi connectivity index (χ3n) is 5.72. The van der Waals surface area contributed by atoms with Crippen molar-refractivity contribution in [2.24, 2.45) is 0 Å². The van der Waals surface area contributed by atoms with Gasteiger partial charge in [-0.3, -0.25) is 13.6 Å². The number of alkyl halides is 23. The maximum Gasteiger partial charge on any atom is 0.474 e. The van der Waals surface area contributed by atoms with E-state index in [1.54, 1.807) is 0 Å². The molecule has 0 bridgehead atoms. The molecule has 0 N–H and O–H groups in total. The van der Waals surface area contributed by atoms with E-state index in [0.717, 1.165) is 13.8 Å². The molecule has 0 radical (unpaired) electrons. The van der Waals surface area contributed by atoms with Crippen molar-refractivity contribution < 1.29 is 124 Å². The highest BCUT2D eigenvalue weighted by Gasteiger charge is 2.91. The summed E-state index contributed by atoms with van der Waals surface area (Å²) in [7, 11) is -4.92.